The summed E-state index contributed by atoms with van der Waals surface area (Å²) < 4.78 is 1.82. The highest BCUT2D eigenvalue weighted by Gasteiger charge is 2.51. The van der Waals surface area contributed by atoms with Crippen LogP contribution in [-0.2, 0) is 11.2 Å². The third kappa shape index (κ3) is 3.14. The van der Waals surface area contributed by atoms with Crippen molar-refractivity contribution in [3.8, 4) is 10.6 Å². The van der Waals surface area contributed by atoms with Gasteiger partial charge in [0.05, 0.1) is 0 Å². The number of carbonyl (C=O) groups is 1. The second-order valence-corrected chi connectivity index (χ2v) is 10.7. The molecule has 7 heteroatoms. The average Bonchev–Trinajstić information content (AvgIpc) is 3.27. The molecule has 4 fully saturated rings. The Hall–Kier alpha value is -2.28. The quantitative estimate of drug-likeness (QED) is 0.632. The van der Waals surface area contributed by atoms with Crippen LogP contribution in [0.15, 0.2) is 24.3 Å². The first-order valence-corrected chi connectivity index (χ1v) is 12.0. The van der Waals surface area contributed by atoms with E-state index in [1.54, 1.807) is 0 Å². The van der Waals surface area contributed by atoms with Crippen molar-refractivity contribution in [1.29, 1.82) is 0 Å². The van der Waals surface area contributed by atoms with E-state index in [4.69, 9.17) is 0 Å². The molecule has 2 aromatic heterocycles. The number of aryl methyl sites for hydroxylation is 1. The minimum absolute atomic E-state index is 0.177. The summed E-state index contributed by atoms with van der Waals surface area (Å²) in [4.78, 5) is 13.7. The van der Waals surface area contributed by atoms with Crippen molar-refractivity contribution in [2.45, 2.75) is 58.3 Å². The maximum Gasteiger partial charge on any atom is 0.234 e. The summed E-state index contributed by atoms with van der Waals surface area (Å²) in [5.74, 6) is 3.69. The van der Waals surface area contributed by atoms with Crippen molar-refractivity contribution in [3.63, 3.8) is 0 Å². The molecule has 0 radical (unpaired) electrons. The molecule has 30 heavy (non-hydrogen) atoms. The molecule has 3 aromatic rings. The number of hydrogen-bond donors (Lipinski definition) is 1. The second-order valence-electron chi connectivity index (χ2n) is 9.79. The molecule has 4 aliphatic rings. The molecule has 0 spiro atoms. The fourth-order valence-corrected chi connectivity index (χ4v) is 7.61. The van der Waals surface area contributed by atoms with E-state index in [-0.39, 0.29) is 11.3 Å². The molecule has 6 nitrogen and oxygen atoms in total. The van der Waals surface area contributed by atoms with Crippen LogP contribution in [-0.4, -0.2) is 25.7 Å². The van der Waals surface area contributed by atoms with Crippen LogP contribution in [0.4, 0.5) is 5.69 Å². The first kappa shape index (κ1) is 18.5. The molecular weight excluding hydrogens is 394 g/mol. The third-order valence-electron chi connectivity index (χ3n) is 7.49. The number of amides is 1. The van der Waals surface area contributed by atoms with E-state index < -0.39 is 0 Å². The van der Waals surface area contributed by atoms with E-state index in [0.717, 1.165) is 51.2 Å². The normalized spacial score (nSPS) is 29.6. The summed E-state index contributed by atoms with van der Waals surface area (Å²) in [5, 5.41) is 17.1. The number of rotatable bonds is 5. The zero-order valence-corrected chi connectivity index (χ0v) is 18.1. The van der Waals surface area contributed by atoms with Crippen LogP contribution >= 0.6 is 11.3 Å². The van der Waals surface area contributed by atoms with Gasteiger partial charge in [0.2, 0.25) is 10.9 Å². The van der Waals surface area contributed by atoms with E-state index in [2.05, 4.69) is 27.5 Å². The number of nitrogens with one attached hydrogen (secondary N) is 1. The van der Waals surface area contributed by atoms with Gasteiger partial charge >= 0.3 is 0 Å². The van der Waals surface area contributed by atoms with Crippen LogP contribution in [0.3, 0.4) is 0 Å². The van der Waals surface area contributed by atoms with E-state index in [9.17, 15) is 4.79 Å². The number of anilines is 1. The van der Waals surface area contributed by atoms with Crippen molar-refractivity contribution >= 4 is 27.9 Å². The molecule has 1 aromatic carbocycles. The lowest BCUT2D eigenvalue weighted by molar-refractivity contribution is -0.124. The first-order valence-electron chi connectivity index (χ1n) is 11.2. The number of hydrogen-bond acceptors (Lipinski definition) is 5. The van der Waals surface area contributed by atoms with Crippen molar-refractivity contribution in [3.05, 3.63) is 30.1 Å². The Morgan fingerprint density at radius 3 is 2.40 bits per heavy atom. The Balaban J connectivity index is 1.14. The Kier molecular flexibility index (Phi) is 4.23. The van der Waals surface area contributed by atoms with E-state index >= 15 is 0 Å². The standard InChI is InChI=1S/C23H27N5OS/c1-2-19-25-26-22-28(19)27-21(30-22)17-3-5-18(6-4-17)24-20(29)13-23-10-14-7-15(11-23)9-16(8-14)12-23/h3-6,14-16H,2,7-13H2,1H3,(H,24,29). The number of nitrogens with zero attached hydrogens (tertiary/aromatic N) is 4. The van der Waals surface area contributed by atoms with Crippen LogP contribution < -0.4 is 5.32 Å². The Morgan fingerprint density at radius 2 is 1.77 bits per heavy atom. The predicted octanol–water partition coefficient (Wildman–Crippen LogP) is 4.96. The second kappa shape index (κ2) is 6.87. The maximum atomic E-state index is 12.9. The molecule has 4 aliphatic carbocycles. The smallest absolute Gasteiger partial charge is 0.234 e. The van der Waals surface area contributed by atoms with Gasteiger partial charge in [0.15, 0.2) is 5.82 Å². The molecule has 4 bridgehead atoms. The van der Waals surface area contributed by atoms with Gasteiger partial charge in [-0.1, -0.05) is 18.3 Å². The number of fused-ring (bicyclic) bond motifs is 1. The summed E-state index contributed by atoms with van der Waals surface area (Å²) in [6.07, 6.45) is 9.55. The summed E-state index contributed by atoms with van der Waals surface area (Å²) in [7, 11) is 0. The van der Waals surface area contributed by atoms with Crippen molar-refractivity contribution in [2.24, 2.45) is 23.2 Å². The van der Waals surface area contributed by atoms with Crippen LogP contribution in [0.1, 0.15) is 57.7 Å². The molecule has 2 heterocycles. The zero-order chi connectivity index (χ0) is 20.3. The molecule has 1 amide bonds. The molecule has 0 saturated heterocycles. The number of carbonyl (C=O) groups excluding carboxylic acids is 1. The summed E-state index contributed by atoms with van der Waals surface area (Å²) in [6, 6.07) is 8.02. The van der Waals surface area contributed by atoms with Gasteiger partial charge in [-0.2, -0.15) is 9.61 Å². The highest BCUT2D eigenvalue weighted by Crippen LogP contribution is 2.61. The number of aromatic nitrogens is 4. The van der Waals surface area contributed by atoms with Gasteiger partial charge in [-0.15, -0.1) is 10.2 Å². The zero-order valence-electron chi connectivity index (χ0n) is 17.3. The molecule has 4 saturated carbocycles. The van der Waals surface area contributed by atoms with Gasteiger partial charge in [-0.3, -0.25) is 4.79 Å². The van der Waals surface area contributed by atoms with Gasteiger partial charge in [-0.05, 0) is 86.0 Å². The van der Waals surface area contributed by atoms with Gasteiger partial charge in [0, 0.05) is 24.1 Å². The van der Waals surface area contributed by atoms with Crippen molar-refractivity contribution in [2.75, 3.05) is 5.32 Å². The van der Waals surface area contributed by atoms with Crippen LogP contribution in [0, 0.1) is 23.2 Å². The Labute approximate surface area is 180 Å². The van der Waals surface area contributed by atoms with E-state index in [0.29, 0.717) is 6.42 Å². The largest absolute Gasteiger partial charge is 0.326 e. The fraction of sp³-hybridized carbons (Fsp3) is 0.565. The van der Waals surface area contributed by atoms with Gasteiger partial charge < -0.3 is 5.32 Å². The average molecular weight is 422 g/mol. The van der Waals surface area contributed by atoms with E-state index in [1.165, 1.54) is 49.9 Å². The Morgan fingerprint density at radius 1 is 1.10 bits per heavy atom. The summed E-state index contributed by atoms with van der Waals surface area (Å²) in [6.45, 7) is 2.05. The van der Waals surface area contributed by atoms with Gasteiger partial charge in [0.25, 0.3) is 0 Å². The summed E-state index contributed by atoms with van der Waals surface area (Å²) >= 11 is 1.53. The van der Waals surface area contributed by atoms with Crippen LogP contribution in [0.25, 0.3) is 15.5 Å². The molecular formula is C23H27N5OS. The van der Waals surface area contributed by atoms with E-state index in [1.807, 2.05) is 28.8 Å². The lowest BCUT2D eigenvalue weighted by atomic mass is 9.49. The molecule has 0 unspecified atom stereocenters. The lowest BCUT2D eigenvalue weighted by Crippen LogP contribution is -2.47. The predicted molar refractivity (Wildman–Crippen MR) is 117 cm³/mol. The fourth-order valence-electron chi connectivity index (χ4n) is 6.74. The van der Waals surface area contributed by atoms with Crippen molar-refractivity contribution < 1.29 is 4.79 Å². The molecule has 0 aliphatic heterocycles. The lowest BCUT2D eigenvalue weighted by Gasteiger charge is -2.56. The third-order valence-corrected chi connectivity index (χ3v) is 8.44. The topological polar surface area (TPSA) is 72.2 Å². The van der Waals surface area contributed by atoms with Gasteiger partial charge in [0.1, 0.15) is 5.01 Å². The molecule has 0 atom stereocenters. The van der Waals surface area contributed by atoms with Gasteiger partial charge in [-0.25, -0.2) is 0 Å². The first-order chi connectivity index (χ1) is 14.6. The molecule has 1 N–H and O–H groups in total. The molecule has 156 valence electrons. The molecule has 7 rings (SSSR count). The highest BCUT2D eigenvalue weighted by atomic mass is 32.1. The Bertz CT molecular complexity index is 1060. The SMILES string of the molecule is CCc1nnc2sc(-c3ccc(NC(=O)CC45CC6CC(CC(C6)C4)C5)cc3)nn12. The van der Waals surface area contributed by atoms with Crippen LogP contribution in [0.5, 0.6) is 0 Å². The minimum atomic E-state index is 0.177. The summed E-state index contributed by atoms with van der Waals surface area (Å²) in [5.41, 5.74) is 2.18. The maximum absolute atomic E-state index is 12.9. The monoisotopic (exact) mass is 421 g/mol. The van der Waals surface area contributed by atoms with Crippen molar-refractivity contribution in [1.82, 2.24) is 19.8 Å². The van der Waals surface area contributed by atoms with Crippen LogP contribution in [0.2, 0.25) is 0 Å². The number of benzene rings is 1. The highest BCUT2D eigenvalue weighted by molar-refractivity contribution is 7.19. The minimum Gasteiger partial charge on any atom is -0.326 e.